The Labute approximate surface area is 113 Å². The highest BCUT2D eigenvalue weighted by Gasteiger charge is 2.23. The van der Waals surface area contributed by atoms with E-state index in [2.05, 4.69) is 63.9 Å². The van der Waals surface area contributed by atoms with Crippen LogP contribution in [0.1, 0.15) is 26.7 Å². The normalized spacial score (nSPS) is 13.1. The Balaban J connectivity index is 2.79. The second-order valence-electron chi connectivity index (χ2n) is 5.81. The summed E-state index contributed by atoms with van der Waals surface area (Å²) in [6.45, 7) is 13.3. The summed E-state index contributed by atoms with van der Waals surface area (Å²) < 4.78 is 0. The van der Waals surface area contributed by atoms with E-state index in [1.165, 1.54) is 6.04 Å². The van der Waals surface area contributed by atoms with E-state index in [1.54, 1.807) is 16.3 Å². The lowest BCUT2D eigenvalue weighted by molar-refractivity contribution is 0.953. The molecule has 0 spiro atoms. The first-order valence-electron chi connectivity index (χ1n) is 6.79. The van der Waals surface area contributed by atoms with Crippen LogP contribution in [0.5, 0.6) is 0 Å². The van der Waals surface area contributed by atoms with Crippen molar-refractivity contribution in [2.75, 3.05) is 0 Å². The fourth-order valence-corrected chi connectivity index (χ4v) is 5.26. The summed E-state index contributed by atoms with van der Waals surface area (Å²) >= 11 is 0. The van der Waals surface area contributed by atoms with Crippen LogP contribution in [0, 0.1) is 0 Å². The molecule has 98 valence electrons. The predicted octanol–water partition coefficient (Wildman–Crippen LogP) is 4.90. The molecule has 0 aromatic heterocycles. The molecule has 1 aromatic rings. The molecule has 0 unspecified atom stereocenters. The van der Waals surface area contributed by atoms with Crippen LogP contribution in [-0.2, 0) is 0 Å². The van der Waals surface area contributed by atoms with Gasteiger partial charge in [0.25, 0.3) is 0 Å². The summed E-state index contributed by atoms with van der Waals surface area (Å²) in [5.74, 6) is 0. The zero-order valence-corrected chi connectivity index (χ0v) is 13.3. The van der Waals surface area contributed by atoms with Gasteiger partial charge in [-0.15, -0.1) is 6.58 Å². The van der Waals surface area contributed by atoms with Gasteiger partial charge in [-0.25, -0.2) is 0 Å². The summed E-state index contributed by atoms with van der Waals surface area (Å²) in [6, 6.07) is 12.3. The highest BCUT2D eigenvalue weighted by molar-refractivity contribution is 6.90. The zero-order valence-electron chi connectivity index (χ0n) is 12.3. The molecule has 0 bridgehead atoms. The van der Waals surface area contributed by atoms with Crippen LogP contribution in [0.15, 0.2) is 54.1 Å². The van der Waals surface area contributed by atoms with Crippen molar-refractivity contribution in [1.29, 1.82) is 0 Å². The smallest absolute Gasteiger partial charge is 0.0845 e. The maximum atomic E-state index is 3.80. The van der Waals surface area contributed by atoms with Gasteiger partial charge < -0.3 is 0 Å². The fraction of sp³-hybridized carbons (Fsp3) is 0.412. The van der Waals surface area contributed by atoms with Gasteiger partial charge in [-0.1, -0.05) is 65.8 Å². The van der Waals surface area contributed by atoms with Crippen molar-refractivity contribution in [2.24, 2.45) is 0 Å². The van der Waals surface area contributed by atoms with Gasteiger partial charge in [0, 0.05) is 0 Å². The first kappa shape index (κ1) is 15.0. The molecule has 0 aliphatic rings. The van der Waals surface area contributed by atoms with E-state index in [9.17, 15) is 0 Å². The van der Waals surface area contributed by atoms with Gasteiger partial charge in [0.15, 0.2) is 0 Å². The SMILES string of the molecule is C=CCC/C(C)=C(/C)C[Si](C)(C)c1ccccc1. The predicted molar refractivity (Wildman–Crippen MR) is 86.2 cm³/mol. The molecule has 1 heteroatoms. The Morgan fingerprint density at radius 1 is 1.11 bits per heavy atom. The van der Waals surface area contributed by atoms with Crippen molar-refractivity contribution in [2.45, 2.75) is 45.8 Å². The maximum Gasteiger partial charge on any atom is 0.0845 e. The largest absolute Gasteiger partial charge is 0.103 e. The van der Waals surface area contributed by atoms with E-state index >= 15 is 0 Å². The average molecular weight is 258 g/mol. The summed E-state index contributed by atoms with van der Waals surface area (Å²) in [4.78, 5) is 0. The van der Waals surface area contributed by atoms with Gasteiger partial charge in [-0.3, -0.25) is 0 Å². The molecule has 0 aliphatic heterocycles. The van der Waals surface area contributed by atoms with Crippen molar-refractivity contribution in [1.82, 2.24) is 0 Å². The van der Waals surface area contributed by atoms with Crippen LogP contribution in [0.3, 0.4) is 0 Å². The standard InChI is InChI=1S/C17H26Si/c1-6-7-11-15(2)16(3)14-18(4,5)17-12-9-8-10-13-17/h6,8-10,12-13H,1,7,11,14H2,2-5H3/b16-15-. The van der Waals surface area contributed by atoms with Crippen LogP contribution in [0.25, 0.3) is 0 Å². The topological polar surface area (TPSA) is 0 Å². The highest BCUT2D eigenvalue weighted by Crippen LogP contribution is 2.21. The zero-order chi connectivity index (χ0) is 13.6. The fourth-order valence-electron chi connectivity index (χ4n) is 2.34. The van der Waals surface area contributed by atoms with E-state index in [0.717, 1.165) is 12.8 Å². The Kier molecular flexibility index (Phi) is 5.61. The van der Waals surface area contributed by atoms with Crippen molar-refractivity contribution in [3.8, 4) is 0 Å². The minimum absolute atomic E-state index is 1.09. The maximum absolute atomic E-state index is 3.80. The lowest BCUT2D eigenvalue weighted by Crippen LogP contribution is -2.41. The van der Waals surface area contributed by atoms with Crippen molar-refractivity contribution >= 4 is 13.3 Å². The summed E-state index contributed by atoms with van der Waals surface area (Å²) in [5.41, 5.74) is 3.13. The Morgan fingerprint density at radius 3 is 2.28 bits per heavy atom. The summed E-state index contributed by atoms with van der Waals surface area (Å²) in [7, 11) is -1.33. The molecule has 0 N–H and O–H groups in total. The van der Waals surface area contributed by atoms with Gasteiger partial charge in [-0.05, 0) is 32.7 Å². The third-order valence-electron chi connectivity index (χ3n) is 3.71. The molecule has 0 atom stereocenters. The second kappa shape index (κ2) is 6.74. The van der Waals surface area contributed by atoms with Crippen LogP contribution in [0.2, 0.25) is 19.1 Å². The lowest BCUT2D eigenvalue weighted by atomic mass is 10.1. The first-order valence-corrected chi connectivity index (χ1v) is 9.99. The van der Waals surface area contributed by atoms with E-state index in [4.69, 9.17) is 0 Å². The van der Waals surface area contributed by atoms with Crippen LogP contribution in [-0.4, -0.2) is 8.07 Å². The minimum Gasteiger partial charge on any atom is -0.103 e. The Morgan fingerprint density at radius 2 is 1.72 bits per heavy atom. The number of rotatable bonds is 6. The number of benzene rings is 1. The molecule has 1 aromatic carbocycles. The van der Waals surface area contributed by atoms with Crippen molar-refractivity contribution in [3.63, 3.8) is 0 Å². The lowest BCUT2D eigenvalue weighted by Gasteiger charge is -2.24. The third kappa shape index (κ3) is 4.30. The molecule has 0 aliphatic carbocycles. The number of hydrogen-bond donors (Lipinski definition) is 0. The van der Waals surface area contributed by atoms with E-state index < -0.39 is 8.07 Å². The highest BCUT2D eigenvalue weighted by atomic mass is 28.3. The molecule has 0 saturated heterocycles. The molecule has 0 fully saturated rings. The first-order chi connectivity index (χ1) is 8.47. The molecular weight excluding hydrogens is 232 g/mol. The Hall–Kier alpha value is -1.08. The molecule has 0 amide bonds. The minimum atomic E-state index is -1.33. The van der Waals surface area contributed by atoms with Gasteiger partial charge in [0.2, 0.25) is 0 Å². The number of allylic oxidation sites excluding steroid dienone is 3. The molecule has 0 saturated carbocycles. The average Bonchev–Trinajstić information content (AvgIpc) is 2.36. The molecule has 1 rings (SSSR count). The number of hydrogen-bond acceptors (Lipinski definition) is 0. The van der Waals surface area contributed by atoms with Crippen LogP contribution in [0.4, 0.5) is 0 Å². The quantitative estimate of drug-likeness (QED) is 0.502. The van der Waals surface area contributed by atoms with Gasteiger partial charge >= 0.3 is 0 Å². The van der Waals surface area contributed by atoms with Crippen LogP contribution >= 0.6 is 0 Å². The van der Waals surface area contributed by atoms with Crippen LogP contribution < -0.4 is 5.19 Å². The van der Waals surface area contributed by atoms with E-state index in [1.807, 2.05) is 6.08 Å². The molecular formula is C17H26Si. The van der Waals surface area contributed by atoms with E-state index in [-0.39, 0.29) is 0 Å². The summed E-state index contributed by atoms with van der Waals surface area (Å²) in [5, 5.41) is 1.56. The Bertz CT molecular complexity index is 412. The second-order valence-corrected chi connectivity index (χ2v) is 10.5. The molecule has 0 nitrogen and oxygen atoms in total. The monoisotopic (exact) mass is 258 g/mol. The van der Waals surface area contributed by atoms with Gasteiger partial charge in [0.1, 0.15) is 0 Å². The van der Waals surface area contributed by atoms with E-state index in [0.29, 0.717) is 0 Å². The molecule has 0 radical (unpaired) electrons. The summed E-state index contributed by atoms with van der Waals surface area (Å²) in [6.07, 6.45) is 4.27. The van der Waals surface area contributed by atoms with Crippen molar-refractivity contribution in [3.05, 3.63) is 54.1 Å². The van der Waals surface area contributed by atoms with Gasteiger partial charge in [0.05, 0.1) is 8.07 Å². The van der Waals surface area contributed by atoms with Crippen molar-refractivity contribution < 1.29 is 0 Å². The third-order valence-corrected chi connectivity index (χ3v) is 7.02. The molecule has 0 heterocycles. The molecule has 18 heavy (non-hydrogen) atoms. The van der Waals surface area contributed by atoms with Gasteiger partial charge in [-0.2, -0.15) is 0 Å².